The molecule has 2 aromatic heterocycles. The molecule has 1 fully saturated rings. The van der Waals surface area contributed by atoms with Gasteiger partial charge in [0.2, 0.25) is 0 Å². The summed E-state index contributed by atoms with van der Waals surface area (Å²) in [4.78, 5) is 21.4. The fraction of sp³-hybridized carbons (Fsp3) is 0.235. The minimum atomic E-state index is -4.41. The Morgan fingerprint density at radius 2 is 1.79 bits per heavy atom. The van der Waals surface area contributed by atoms with E-state index in [1.807, 2.05) is 0 Å². The van der Waals surface area contributed by atoms with Crippen LogP contribution in [0, 0.1) is 0 Å². The lowest BCUT2D eigenvalue weighted by molar-refractivity contribution is -0.137. The summed E-state index contributed by atoms with van der Waals surface area (Å²) in [6.07, 6.45) is -1.03. The number of hydrogen-bond donors (Lipinski definition) is 0. The van der Waals surface area contributed by atoms with E-state index in [9.17, 15) is 18.0 Å². The maximum absolute atomic E-state index is 12.8. The number of aromatic nitrogens is 3. The van der Waals surface area contributed by atoms with Gasteiger partial charge in [0, 0.05) is 17.8 Å². The fourth-order valence-electron chi connectivity index (χ4n) is 2.72. The van der Waals surface area contributed by atoms with Crippen LogP contribution < -0.4 is 5.56 Å². The minimum Gasteiger partial charge on any atom is -0.286 e. The van der Waals surface area contributed by atoms with Crippen molar-refractivity contribution in [3.63, 3.8) is 0 Å². The Balaban J connectivity index is 1.91. The Morgan fingerprint density at radius 3 is 2.42 bits per heavy atom. The zero-order valence-electron chi connectivity index (χ0n) is 12.4. The molecule has 4 nitrogen and oxygen atoms in total. The van der Waals surface area contributed by atoms with Gasteiger partial charge < -0.3 is 0 Å². The second kappa shape index (κ2) is 5.15. The Bertz CT molecular complexity index is 973. The summed E-state index contributed by atoms with van der Waals surface area (Å²) in [6.45, 7) is 0. The van der Waals surface area contributed by atoms with Crippen LogP contribution in [0.4, 0.5) is 13.2 Å². The molecule has 1 saturated carbocycles. The lowest BCUT2D eigenvalue weighted by Gasteiger charge is -2.11. The number of pyridine rings is 1. The predicted molar refractivity (Wildman–Crippen MR) is 82.5 cm³/mol. The van der Waals surface area contributed by atoms with Crippen LogP contribution in [0.5, 0.6) is 0 Å². The van der Waals surface area contributed by atoms with E-state index in [-0.39, 0.29) is 17.3 Å². The highest BCUT2D eigenvalue weighted by atomic mass is 19.4. The van der Waals surface area contributed by atoms with Gasteiger partial charge >= 0.3 is 6.18 Å². The third kappa shape index (κ3) is 2.46. The fourth-order valence-corrected chi connectivity index (χ4v) is 2.72. The first-order chi connectivity index (χ1) is 11.4. The van der Waals surface area contributed by atoms with Gasteiger partial charge in [-0.3, -0.25) is 9.36 Å². The molecule has 7 heteroatoms. The maximum Gasteiger partial charge on any atom is 0.416 e. The van der Waals surface area contributed by atoms with E-state index in [0.717, 1.165) is 25.0 Å². The average Bonchev–Trinajstić information content (AvgIpc) is 3.38. The molecule has 0 spiro atoms. The molecule has 0 saturated heterocycles. The van der Waals surface area contributed by atoms with Crippen LogP contribution in [0.25, 0.3) is 22.4 Å². The summed E-state index contributed by atoms with van der Waals surface area (Å²) in [5.74, 6) is 0. The van der Waals surface area contributed by atoms with Gasteiger partial charge in [0.1, 0.15) is 11.2 Å². The van der Waals surface area contributed by atoms with Crippen molar-refractivity contribution in [2.24, 2.45) is 0 Å². The molecule has 0 atom stereocenters. The molecular formula is C17H12F3N3O. The lowest BCUT2D eigenvalue weighted by atomic mass is 10.1. The van der Waals surface area contributed by atoms with Gasteiger partial charge in [-0.25, -0.2) is 9.97 Å². The zero-order chi connectivity index (χ0) is 16.9. The number of halogens is 3. The smallest absolute Gasteiger partial charge is 0.286 e. The van der Waals surface area contributed by atoms with Crippen LogP contribution in [0.15, 0.2) is 47.4 Å². The molecule has 1 aliphatic carbocycles. The monoisotopic (exact) mass is 331 g/mol. The molecule has 0 aliphatic heterocycles. The molecule has 2 heterocycles. The first-order valence-corrected chi connectivity index (χ1v) is 7.50. The number of nitrogens with zero attached hydrogens (tertiary/aromatic N) is 3. The zero-order valence-corrected chi connectivity index (χ0v) is 12.4. The van der Waals surface area contributed by atoms with Crippen molar-refractivity contribution >= 4 is 11.2 Å². The molecule has 122 valence electrons. The maximum atomic E-state index is 12.8. The first kappa shape index (κ1) is 14.9. The molecule has 4 rings (SSSR count). The van der Waals surface area contributed by atoms with Gasteiger partial charge in [0.15, 0.2) is 5.65 Å². The van der Waals surface area contributed by atoms with E-state index in [4.69, 9.17) is 0 Å². The van der Waals surface area contributed by atoms with Crippen LogP contribution in [0.3, 0.4) is 0 Å². The normalized spacial score (nSPS) is 15.0. The summed E-state index contributed by atoms with van der Waals surface area (Å²) in [5.41, 5.74) is 0.517. The topological polar surface area (TPSA) is 47.8 Å². The number of benzene rings is 1. The van der Waals surface area contributed by atoms with E-state index in [1.165, 1.54) is 12.1 Å². The van der Waals surface area contributed by atoms with Gasteiger partial charge in [-0.05, 0) is 37.1 Å². The van der Waals surface area contributed by atoms with Crippen molar-refractivity contribution in [2.75, 3.05) is 0 Å². The predicted octanol–water partition coefficient (Wildman–Crippen LogP) is 3.81. The first-order valence-electron chi connectivity index (χ1n) is 7.50. The largest absolute Gasteiger partial charge is 0.416 e. The van der Waals surface area contributed by atoms with Gasteiger partial charge in [-0.1, -0.05) is 12.1 Å². The van der Waals surface area contributed by atoms with E-state index in [1.54, 1.807) is 22.9 Å². The van der Waals surface area contributed by atoms with E-state index in [2.05, 4.69) is 9.97 Å². The van der Waals surface area contributed by atoms with Crippen LogP contribution in [0.2, 0.25) is 0 Å². The second-order valence-electron chi connectivity index (χ2n) is 5.79. The summed E-state index contributed by atoms with van der Waals surface area (Å²) >= 11 is 0. The number of alkyl halides is 3. The number of hydrogen-bond acceptors (Lipinski definition) is 3. The van der Waals surface area contributed by atoms with Crippen molar-refractivity contribution in [1.29, 1.82) is 0 Å². The van der Waals surface area contributed by atoms with Crippen molar-refractivity contribution in [3.8, 4) is 11.3 Å². The quantitative estimate of drug-likeness (QED) is 0.717. The molecule has 24 heavy (non-hydrogen) atoms. The molecule has 0 radical (unpaired) electrons. The van der Waals surface area contributed by atoms with Crippen molar-refractivity contribution in [2.45, 2.75) is 25.1 Å². The third-order valence-electron chi connectivity index (χ3n) is 4.05. The highest BCUT2D eigenvalue weighted by Gasteiger charge is 2.31. The van der Waals surface area contributed by atoms with Gasteiger partial charge in [0.25, 0.3) is 5.56 Å². The summed E-state index contributed by atoms with van der Waals surface area (Å²) in [7, 11) is 0. The number of rotatable bonds is 2. The average molecular weight is 331 g/mol. The Kier molecular flexibility index (Phi) is 3.19. The second-order valence-corrected chi connectivity index (χ2v) is 5.79. The standard InChI is InChI=1S/C17H12F3N3O/c18-17(19,20)11-5-3-10(4-6-11)14-16(24)23(12-7-8-12)15-13(22-14)2-1-9-21-15/h1-6,9,12H,7-8H2. The van der Waals surface area contributed by atoms with Gasteiger partial charge in [-0.2, -0.15) is 13.2 Å². The van der Waals surface area contributed by atoms with Crippen LogP contribution >= 0.6 is 0 Å². The third-order valence-corrected chi connectivity index (χ3v) is 4.05. The van der Waals surface area contributed by atoms with Crippen LogP contribution in [-0.2, 0) is 6.18 Å². The van der Waals surface area contributed by atoms with Gasteiger partial charge in [-0.15, -0.1) is 0 Å². The summed E-state index contributed by atoms with van der Waals surface area (Å²) < 4.78 is 39.7. The van der Waals surface area contributed by atoms with E-state index >= 15 is 0 Å². The highest BCUT2D eigenvalue weighted by molar-refractivity contribution is 5.74. The molecule has 1 aliphatic rings. The molecule has 3 aromatic rings. The summed E-state index contributed by atoms with van der Waals surface area (Å²) in [6, 6.07) is 8.04. The van der Waals surface area contributed by atoms with Crippen molar-refractivity contribution in [1.82, 2.24) is 14.5 Å². The molecule has 0 N–H and O–H groups in total. The van der Waals surface area contributed by atoms with E-state index in [0.29, 0.717) is 16.7 Å². The molecule has 0 unspecified atom stereocenters. The van der Waals surface area contributed by atoms with E-state index < -0.39 is 11.7 Å². The SMILES string of the molecule is O=c1c(-c2ccc(C(F)(F)F)cc2)nc2cccnc2n1C1CC1. The highest BCUT2D eigenvalue weighted by Crippen LogP contribution is 2.36. The minimum absolute atomic E-state index is 0.0890. The van der Waals surface area contributed by atoms with Crippen LogP contribution in [0.1, 0.15) is 24.4 Å². The Morgan fingerprint density at radius 1 is 1.08 bits per heavy atom. The lowest BCUT2D eigenvalue weighted by Crippen LogP contribution is -2.23. The van der Waals surface area contributed by atoms with Gasteiger partial charge in [0.05, 0.1) is 5.56 Å². The molecule has 1 aromatic carbocycles. The molecular weight excluding hydrogens is 319 g/mol. The van der Waals surface area contributed by atoms with Crippen LogP contribution in [-0.4, -0.2) is 14.5 Å². The Hall–Kier alpha value is -2.70. The Labute approximate surface area is 134 Å². The van der Waals surface area contributed by atoms with Crippen molar-refractivity contribution < 1.29 is 13.2 Å². The molecule has 0 amide bonds. The molecule has 0 bridgehead atoms. The summed E-state index contributed by atoms with van der Waals surface area (Å²) in [5, 5.41) is 0. The number of fused-ring (bicyclic) bond motifs is 1. The van der Waals surface area contributed by atoms with Crippen molar-refractivity contribution in [3.05, 3.63) is 58.5 Å².